The standard InChI is InChI=1S/C10H15N5O2S2/c1-6(7-2-3-7)14-19(16,17)9-8(13-11)12-10-15(9)4-5-18-10/h4-7,13-14H,2-3,11H2,1H3. The van der Waals surface area contributed by atoms with Crippen LogP contribution in [0.3, 0.4) is 0 Å². The van der Waals surface area contributed by atoms with E-state index in [9.17, 15) is 8.42 Å². The molecule has 1 unspecified atom stereocenters. The van der Waals surface area contributed by atoms with Crippen molar-refractivity contribution < 1.29 is 8.42 Å². The van der Waals surface area contributed by atoms with Crippen LogP contribution in [0.15, 0.2) is 16.6 Å². The van der Waals surface area contributed by atoms with Crippen molar-refractivity contribution in [2.24, 2.45) is 11.8 Å². The molecule has 0 bridgehead atoms. The molecular formula is C10H15N5O2S2. The van der Waals surface area contributed by atoms with Crippen LogP contribution in [0, 0.1) is 5.92 Å². The number of imidazole rings is 1. The number of thiazole rings is 1. The first kappa shape index (κ1) is 12.9. The Morgan fingerprint density at radius 1 is 1.58 bits per heavy atom. The molecule has 0 radical (unpaired) electrons. The van der Waals surface area contributed by atoms with Gasteiger partial charge in [-0.25, -0.2) is 19.0 Å². The summed E-state index contributed by atoms with van der Waals surface area (Å²) in [5.74, 6) is 5.97. The van der Waals surface area contributed by atoms with Crippen LogP contribution >= 0.6 is 11.3 Å². The minimum Gasteiger partial charge on any atom is -0.306 e. The highest BCUT2D eigenvalue weighted by molar-refractivity contribution is 7.89. The molecule has 2 heterocycles. The predicted octanol–water partition coefficient (Wildman–Crippen LogP) is 0.758. The average molecular weight is 301 g/mol. The highest BCUT2D eigenvalue weighted by Gasteiger charge is 2.33. The molecule has 1 fully saturated rings. The van der Waals surface area contributed by atoms with Crippen LogP contribution in [0.2, 0.25) is 0 Å². The molecule has 104 valence electrons. The van der Waals surface area contributed by atoms with Gasteiger partial charge in [0.25, 0.3) is 10.0 Å². The molecule has 0 aromatic carbocycles. The minimum absolute atomic E-state index is 0.0683. The Bertz CT molecular complexity index is 701. The number of hydrazine groups is 1. The van der Waals surface area contributed by atoms with E-state index in [-0.39, 0.29) is 16.9 Å². The number of anilines is 1. The number of nitrogen functional groups attached to an aromatic ring is 1. The van der Waals surface area contributed by atoms with Crippen LogP contribution in [0.1, 0.15) is 19.8 Å². The third-order valence-electron chi connectivity index (χ3n) is 3.28. The number of sulfonamides is 1. The fourth-order valence-corrected chi connectivity index (χ4v) is 4.44. The maximum absolute atomic E-state index is 12.5. The van der Waals surface area contributed by atoms with E-state index >= 15 is 0 Å². The van der Waals surface area contributed by atoms with E-state index in [0.29, 0.717) is 10.9 Å². The van der Waals surface area contributed by atoms with Crippen molar-refractivity contribution in [3.05, 3.63) is 11.6 Å². The highest BCUT2D eigenvalue weighted by atomic mass is 32.2. The lowest BCUT2D eigenvalue weighted by Gasteiger charge is -2.13. The minimum atomic E-state index is -3.65. The van der Waals surface area contributed by atoms with Crippen molar-refractivity contribution in [1.82, 2.24) is 14.1 Å². The quantitative estimate of drug-likeness (QED) is 0.559. The smallest absolute Gasteiger partial charge is 0.260 e. The first-order valence-corrected chi connectivity index (χ1v) is 8.33. The summed E-state index contributed by atoms with van der Waals surface area (Å²) in [6.45, 7) is 1.89. The van der Waals surface area contributed by atoms with Gasteiger partial charge in [0.1, 0.15) is 0 Å². The zero-order valence-electron chi connectivity index (χ0n) is 10.3. The summed E-state index contributed by atoms with van der Waals surface area (Å²) in [5, 5.41) is 1.85. The van der Waals surface area contributed by atoms with Crippen molar-refractivity contribution in [2.75, 3.05) is 5.43 Å². The maximum Gasteiger partial charge on any atom is 0.260 e. The molecule has 4 N–H and O–H groups in total. The summed E-state index contributed by atoms with van der Waals surface area (Å²) < 4.78 is 29.2. The second kappa shape index (κ2) is 4.44. The van der Waals surface area contributed by atoms with Crippen LogP contribution in [0.25, 0.3) is 4.96 Å². The Balaban J connectivity index is 2.03. The van der Waals surface area contributed by atoms with Crippen LogP contribution in [-0.4, -0.2) is 23.8 Å². The topological polar surface area (TPSA) is 102 Å². The van der Waals surface area contributed by atoms with Gasteiger partial charge in [-0.3, -0.25) is 4.40 Å². The number of nitrogens with zero attached hydrogens (tertiary/aromatic N) is 2. The molecule has 1 aliphatic carbocycles. The van der Waals surface area contributed by atoms with E-state index in [1.54, 1.807) is 11.6 Å². The molecule has 0 amide bonds. The molecule has 1 saturated carbocycles. The summed E-state index contributed by atoms with van der Waals surface area (Å²) in [5.41, 5.74) is 2.35. The molecule has 1 aliphatic rings. The molecule has 0 spiro atoms. The summed E-state index contributed by atoms with van der Waals surface area (Å²) in [4.78, 5) is 4.74. The lowest BCUT2D eigenvalue weighted by atomic mass is 10.2. The van der Waals surface area contributed by atoms with Crippen molar-refractivity contribution in [2.45, 2.75) is 30.8 Å². The van der Waals surface area contributed by atoms with Gasteiger partial charge in [-0.2, -0.15) is 4.98 Å². The fraction of sp³-hybridized carbons (Fsp3) is 0.500. The molecule has 7 nitrogen and oxygen atoms in total. The summed E-state index contributed by atoms with van der Waals surface area (Å²) in [7, 11) is -3.65. The lowest BCUT2D eigenvalue weighted by Crippen LogP contribution is -2.35. The molecule has 19 heavy (non-hydrogen) atoms. The number of aromatic nitrogens is 2. The van der Waals surface area contributed by atoms with Gasteiger partial charge in [0.05, 0.1) is 0 Å². The highest BCUT2D eigenvalue weighted by Crippen LogP contribution is 2.33. The van der Waals surface area contributed by atoms with Gasteiger partial charge in [-0.15, -0.1) is 11.3 Å². The Morgan fingerprint density at radius 2 is 2.32 bits per heavy atom. The molecule has 2 aromatic rings. The number of rotatable bonds is 5. The molecule has 0 saturated heterocycles. The van der Waals surface area contributed by atoms with E-state index in [1.165, 1.54) is 15.7 Å². The number of hydrogen-bond acceptors (Lipinski definition) is 6. The SMILES string of the molecule is CC(NS(=O)(=O)c1c(NN)nc2sccn12)C1CC1. The van der Waals surface area contributed by atoms with Gasteiger partial charge in [0, 0.05) is 17.6 Å². The first-order valence-electron chi connectivity index (χ1n) is 5.97. The fourth-order valence-electron chi connectivity index (χ4n) is 2.11. The van der Waals surface area contributed by atoms with Crippen molar-refractivity contribution in [3.8, 4) is 0 Å². The van der Waals surface area contributed by atoms with Gasteiger partial charge in [-0.1, -0.05) is 0 Å². The molecular weight excluding hydrogens is 286 g/mol. The number of nitrogens with one attached hydrogen (secondary N) is 2. The number of nitrogens with two attached hydrogens (primary N) is 1. The maximum atomic E-state index is 12.5. The molecule has 0 aliphatic heterocycles. The van der Waals surface area contributed by atoms with Gasteiger partial charge in [0.15, 0.2) is 10.8 Å². The largest absolute Gasteiger partial charge is 0.306 e. The first-order chi connectivity index (χ1) is 9.03. The van der Waals surface area contributed by atoms with Crippen LogP contribution in [0.4, 0.5) is 5.82 Å². The van der Waals surface area contributed by atoms with Crippen molar-refractivity contribution >= 4 is 32.1 Å². The molecule has 1 atom stereocenters. The van der Waals surface area contributed by atoms with Gasteiger partial charge in [0.2, 0.25) is 5.03 Å². The van der Waals surface area contributed by atoms with Crippen LogP contribution in [-0.2, 0) is 10.0 Å². The molecule has 9 heteroatoms. The zero-order valence-corrected chi connectivity index (χ0v) is 12.0. The number of fused-ring (bicyclic) bond motifs is 1. The van der Waals surface area contributed by atoms with Gasteiger partial charge < -0.3 is 5.43 Å². The second-order valence-corrected chi connectivity index (χ2v) is 7.22. The molecule has 2 aromatic heterocycles. The predicted molar refractivity (Wildman–Crippen MR) is 73.4 cm³/mol. The summed E-state index contributed by atoms with van der Waals surface area (Å²) >= 11 is 1.36. The van der Waals surface area contributed by atoms with Crippen molar-refractivity contribution in [3.63, 3.8) is 0 Å². The Hall–Kier alpha value is -1.16. The Labute approximate surface area is 114 Å². The monoisotopic (exact) mass is 301 g/mol. The van der Waals surface area contributed by atoms with E-state index in [4.69, 9.17) is 5.84 Å². The second-order valence-electron chi connectivity index (χ2n) is 4.71. The third kappa shape index (κ3) is 2.22. The normalized spacial score (nSPS) is 17.8. The van der Waals surface area contributed by atoms with E-state index in [0.717, 1.165) is 12.8 Å². The van der Waals surface area contributed by atoms with Crippen LogP contribution in [0.5, 0.6) is 0 Å². The molecule has 3 rings (SSSR count). The van der Waals surface area contributed by atoms with E-state index in [2.05, 4.69) is 15.1 Å². The average Bonchev–Trinajstić information content (AvgIpc) is 2.99. The Morgan fingerprint density at radius 3 is 2.95 bits per heavy atom. The Kier molecular flexibility index (Phi) is 3.01. The summed E-state index contributed by atoms with van der Waals surface area (Å²) in [6, 6.07) is -0.0696. The summed E-state index contributed by atoms with van der Waals surface area (Å²) in [6.07, 6.45) is 3.82. The van der Waals surface area contributed by atoms with E-state index in [1.807, 2.05) is 6.92 Å². The van der Waals surface area contributed by atoms with Gasteiger partial charge in [-0.05, 0) is 25.7 Å². The third-order valence-corrected chi connectivity index (χ3v) is 5.62. The zero-order chi connectivity index (χ0) is 13.6. The van der Waals surface area contributed by atoms with Crippen molar-refractivity contribution in [1.29, 1.82) is 0 Å². The number of hydrogen-bond donors (Lipinski definition) is 3. The van der Waals surface area contributed by atoms with E-state index < -0.39 is 10.0 Å². The lowest BCUT2D eigenvalue weighted by molar-refractivity contribution is 0.535. The van der Waals surface area contributed by atoms with Crippen LogP contribution < -0.4 is 16.0 Å². The van der Waals surface area contributed by atoms with Gasteiger partial charge >= 0.3 is 0 Å².